The average molecular weight is 149 g/mol. The summed E-state index contributed by atoms with van der Waals surface area (Å²) in [5.74, 6) is 1.01. The molecule has 0 aliphatic carbocycles. The van der Waals surface area contributed by atoms with Gasteiger partial charge in [-0.1, -0.05) is 0 Å². The highest BCUT2D eigenvalue weighted by Crippen LogP contribution is 2.28. The zero-order chi connectivity index (χ0) is 7.84. The lowest BCUT2D eigenvalue weighted by Gasteiger charge is -2.14. The molecule has 0 spiro atoms. The number of hydrogen-bond acceptors (Lipinski definition) is 2. The summed E-state index contributed by atoms with van der Waals surface area (Å²) in [7, 11) is 2.00. The van der Waals surface area contributed by atoms with Crippen LogP contribution in [0.5, 0.6) is 0 Å². The van der Waals surface area contributed by atoms with Gasteiger partial charge in [-0.25, -0.2) is 0 Å². The standard InChI is InChI=1S/C9H11NO/c1-7-6-11-9-5-10(2)4-3-8(7)9/h3-5H,6H2,1-2H3. The lowest BCUT2D eigenvalue weighted by Crippen LogP contribution is -2.06. The first-order valence-corrected chi connectivity index (χ1v) is 3.72. The van der Waals surface area contributed by atoms with Gasteiger partial charge in [0.15, 0.2) is 0 Å². The van der Waals surface area contributed by atoms with Gasteiger partial charge in [-0.3, -0.25) is 0 Å². The maximum absolute atomic E-state index is 5.43. The molecule has 2 rings (SSSR count). The fraction of sp³-hybridized carbons (Fsp3) is 0.333. The van der Waals surface area contributed by atoms with Crippen molar-refractivity contribution in [2.24, 2.45) is 0 Å². The Kier molecular flexibility index (Phi) is 1.28. The van der Waals surface area contributed by atoms with Gasteiger partial charge in [-0.05, 0) is 18.6 Å². The minimum atomic E-state index is 0.749. The van der Waals surface area contributed by atoms with Crippen LogP contribution in [0, 0.1) is 0 Å². The third-order valence-electron chi connectivity index (χ3n) is 1.97. The van der Waals surface area contributed by atoms with E-state index >= 15 is 0 Å². The normalized spacial score (nSPS) is 21.6. The Morgan fingerprint density at radius 2 is 2.36 bits per heavy atom. The SMILES string of the molecule is CC1=C2C=CN(C)C=C2OC1. The van der Waals surface area contributed by atoms with Crippen molar-refractivity contribution in [3.8, 4) is 0 Å². The summed E-state index contributed by atoms with van der Waals surface area (Å²) in [4.78, 5) is 2.00. The van der Waals surface area contributed by atoms with Gasteiger partial charge in [0.1, 0.15) is 12.4 Å². The number of rotatable bonds is 0. The predicted octanol–water partition coefficient (Wildman–Crippen LogP) is 1.63. The monoisotopic (exact) mass is 149 g/mol. The maximum Gasteiger partial charge on any atom is 0.143 e. The van der Waals surface area contributed by atoms with Crippen molar-refractivity contribution in [3.63, 3.8) is 0 Å². The van der Waals surface area contributed by atoms with E-state index in [1.807, 2.05) is 24.3 Å². The van der Waals surface area contributed by atoms with E-state index in [0.717, 1.165) is 12.4 Å². The Morgan fingerprint density at radius 3 is 3.18 bits per heavy atom. The molecule has 0 saturated carbocycles. The van der Waals surface area contributed by atoms with Crippen LogP contribution in [0.2, 0.25) is 0 Å². The average Bonchev–Trinajstić information content (AvgIpc) is 2.32. The van der Waals surface area contributed by atoms with Crippen LogP contribution in [0.15, 0.2) is 35.4 Å². The molecule has 2 aliphatic rings. The zero-order valence-corrected chi connectivity index (χ0v) is 6.79. The molecule has 0 saturated heterocycles. The molecule has 0 aromatic heterocycles. The molecule has 0 aromatic rings. The summed E-state index contributed by atoms with van der Waals surface area (Å²) in [5, 5.41) is 0. The number of hydrogen-bond donors (Lipinski definition) is 0. The van der Waals surface area contributed by atoms with E-state index in [2.05, 4.69) is 13.0 Å². The molecule has 0 atom stereocenters. The molecule has 0 bridgehead atoms. The van der Waals surface area contributed by atoms with E-state index in [1.165, 1.54) is 11.1 Å². The summed E-state index contributed by atoms with van der Waals surface area (Å²) < 4.78 is 5.43. The Morgan fingerprint density at radius 1 is 1.55 bits per heavy atom. The number of nitrogens with zero attached hydrogens (tertiary/aromatic N) is 1. The molecule has 2 nitrogen and oxygen atoms in total. The van der Waals surface area contributed by atoms with Crippen LogP contribution in [0.3, 0.4) is 0 Å². The van der Waals surface area contributed by atoms with Gasteiger partial charge in [-0.2, -0.15) is 0 Å². The van der Waals surface area contributed by atoms with Crippen molar-refractivity contribution in [2.75, 3.05) is 13.7 Å². The minimum Gasteiger partial charge on any atom is -0.487 e. The Bertz CT molecular complexity index is 273. The van der Waals surface area contributed by atoms with E-state index in [4.69, 9.17) is 4.74 Å². The highest BCUT2D eigenvalue weighted by molar-refractivity contribution is 5.45. The van der Waals surface area contributed by atoms with Crippen molar-refractivity contribution in [1.29, 1.82) is 0 Å². The number of fused-ring (bicyclic) bond motifs is 1. The summed E-state index contributed by atoms with van der Waals surface area (Å²) in [5.41, 5.74) is 2.57. The molecular weight excluding hydrogens is 138 g/mol. The highest BCUT2D eigenvalue weighted by atomic mass is 16.5. The molecule has 0 unspecified atom stereocenters. The van der Waals surface area contributed by atoms with Gasteiger partial charge in [0.05, 0.1) is 0 Å². The fourth-order valence-electron chi connectivity index (χ4n) is 1.30. The third-order valence-corrected chi connectivity index (χ3v) is 1.97. The van der Waals surface area contributed by atoms with Crippen LogP contribution < -0.4 is 0 Å². The van der Waals surface area contributed by atoms with Crippen LogP contribution in [0.25, 0.3) is 0 Å². The van der Waals surface area contributed by atoms with Crippen molar-refractivity contribution >= 4 is 0 Å². The molecule has 0 amide bonds. The number of ether oxygens (including phenoxy) is 1. The molecule has 0 aromatic carbocycles. The topological polar surface area (TPSA) is 12.5 Å². The van der Waals surface area contributed by atoms with Gasteiger partial charge in [0, 0.05) is 25.0 Å². The van der Waals surface area contributed by atoms with E-state index in [9.17, 15) is 0 Å². The van der Waals surface area contributed by atoms with E-state index in [-0.39, 0.29) is 0 Å². The maximum atomic E-state index is 5.43. The fourth-order valence-corrected chi connectivity index (χ4v) is 1.30. The summed E-state index contributed by atoms with van der Waals surface area (Å²) in [6.07, 6.45) is 6.14. The quantitative estimate of drug-likeness (QED) is 0.519. The van der Waals surface area contributed by atoms with E-state index < -0.39 is 0 Å². The van der Waals surface area contributed by atoms with Gasteiger partial charge in [-0.15, -0.1) is 0 Å². The van der Waals surface area contributed by atoms with Crippen LogP contribution in [0.1, 0.15) is 6.92 Å². The van der Waals surface area contributed by atoms with Crippen LogP contribution in [-0.4, -0.2) is 18.6 Å². The molecule has 2 heteroatoms. The largest absolute Gasteiger partial charge is 0.487 e. The van der Waals surface area contributed by atoms with Gasteiger partial charge >= 0.3 is 0 Å². The van der Waals surface area contributed by atoms with Gasteiger partial charge < -0.3 is 9.64 Å². The second kappa shape index (κ2) is 2.16. The Labute approximate surface area is 66.5 Å². The van der Waals surface area contributed by atoms with Crippen molar-refractivity contribution in [1.82, 2.24) is 4.90 Å². The van der Waals surface area contributed by atoms with Gasteiger partial charge in [0.2, 0.25) is 0 Å². The molecular formula is C9H11NO. The van der Waals surface area contributed by atoms with Crippen LogP contribution in [0.4, 0.5) is 0 Å². The molecule has 58 valence electrons. The first-order chi connectivity index (χ1) is 5.27. The Balaban J connectivity index is 2.40. The lowest BCUT2D eigenvalue weighted by atomic mass is 10.1. The smallest absolute Gasteiger partial charge is 0.143 e. The third kappa shape index (κ3) is 0.946. The van der Waals surface area contributed by atoms with Crippen molar-refractivity contribution < 1.29 is 4.74 Å². The molecule has 2 heterocycles. The highest BCUT2D eigenvalue weighted by Gasteiger charge is 2.18. The lowest BCUT2D eigenvalue weighted by molar-refractivity contribution is 0.263. The van der Waals surface area contributed by atoms with Gasteiger partial charge in [0.25, 0.3) is 0 Å². The molecule has 11 heavy (non-hydrogen) atoms. The summed E-state index contributed by atoms with van der Waals surface area (Å²) >= 11 is 0. The summed E-state index contributed by atoms with van der Waals surface area (Å²) in [6, 6.07) is 0. The second-order valence-electron chi connectivity index (χ2n) is 2.96. The number of allylic oxidation sites excluding steroid dienone is 1. The minimum absolute atomic E-state index is 0.749. The molecule has 0 radical (unpaired) electrons. The van der Waals surface area contributed by atoms with Crippen LogP contribution >= 0.6 is 0 Å². The van der Waals surface area contributed by atoms with Crippen LogP contribution in [-0.2, 0) is 4.74 Å². The van der Waals surface area contributed by atoms with Crippen molar-refractivity contribution in [2.45, 2.75) is 6.92 Å². The molecule has 0 fully saturated rings. The molecule has 0 N–H and O–H groups in total. The zero-order valence-electron chi connectivity index (χ0n) is 6.79. The first-order valence-electron chi connectivity index (χ1n) is 3.72. The summed E-state index contributed by atoms with van der Waals surface area (Å²) in [6.45, 7) is 2.85. The first kappa shape index (κ1) is 6.53. The Hall–Kier alpha value is -1.18. The predicted molar refractivity (Wildman–Crippen MR) is 43.6 cm³/mol. The molecule has 2 aliphatic heterocycles. The van der Waals surface area contributed by atoms with E-state index in [0.29, 0.717) is 0 Å². The van der Waals surface area contributed by atoms with E-state index in [1.54, 1.807) is 0 Å². The second-order valence-corrected chi connectivity index (χ2v) is 2.96. The van der Waals surface area contributed by atoms with Crippen molar-refractivity contribution in [3.05, 3.63) is 35.4 Å².